The Labute approximate surface area is 150 Å². The van der Waals surface area contributed by atoms with Gasteiger partial charge in [0.1, 0.15) is 0 Å². The number of benzene rings is 1. The van der Waals surface area contributed by atoms with E-state index < -0.39 is 11.6 Å². The van der Waals surface area contributed by atoms with Gasteiger partial charge in [-0.15, -0.1) is 0 Å². The van der Waals surface area contributed by atoms with Crippen molar-refractivity contribution in [2.24, 2.45) is 0 Å². The number of nitrogens with one attached hydrogen (secondary N) is 1. The SMILES string of the molecule is Cc1cc(-c2cn[nH]c2[C@H]2CCCCN2Cc2cccc(F)c2F)on1. The Bertz CT molecular complexity index is 905. The molecule has 0 saturated carbocycles. The van der Waals surface area contributed by atoms with Crippen LogP contribution in [0.2, 0.25) is 0 Å². The molecule has 136 valence electrons. The standard InChI is InChI=1S/C19H20F2N4O/c1-12-9-17(26-24-12)14-10-22-23-19(14)16-7-2-3-8-25(16)11-13-5-4-6-15(20)18(13)21/h4-6,9-10,16H,2-3,7-8,11H2,1H3,(H,22,23)/t16-/m1/s1. The van der Waals surface area contributed by atoms with E-state index in [0.717, 1.165) is 48.8 Å². The second kappa shape index (κ2) is 6.99. The molecule has 3 aromatic rings. The van der Waals surface area contributed by atoms with Gasteiger partial charge < -0.3 is 4.52 Å². The number of H-pyrrole nitrogens is 1. The zero-order chi connectivity index (χ0) is 18.1. The van der Waals surface area contributed by atoms with Crippen LogP contribution in [0.5, 0.6) is 0 Å². The second-order valence-electron chi connectivity index (χ2n) is 6.72. The molecule has 3 heterocycles. The summed E-state index contributed by atoms with van der Waals surface area (Å²) in [6.45, 7) is 3.03. The summed E-state index contributed by atoms with van der Waals surface area (Å²) in [5, 5.41) is 11.2. The predicted molar refractivity (Wildman–Crippen MR) is 92.2 cm³/mol. The predicted octanol–water partition coefficient (Wildman–Crippen LogP) is 4.38. The minimum absolute atomic E-state index is 0.0364. The maximum absolute atomic E-state index is 14.1. The Morgan fingerprint density at radius 1 is 1.31 bits per heavy atom. The van der Waals surface area contributed by atoms with E-state index in [1.54, 1.807) is 18.3 Å². The van der Waals surface area contributed by atoms with Crippen molar-refractivity contribution in [1.82, 2.24) is 20.3 Å². The van der Waals surface area contributed by atoms with Crippen molar-refractivity contribution in [3.05, 3.63) is 59.0 Å². The Balaban J connectivity index is 1.65. The number of piperidine rings is 1. The first-order valence-electron chi connectivity index (χ1n) is 8.77. The van der Waals surface area contributed by atoms with Crippen LogP contribution in [0, 0.1) is 18.6 Å². The lowest BCUT2D eigenvalue weighted by Gasteiger charge is -2.35. The van der Waals surface area contributed by atoms with Crippen LogP contribution in [0.15, 0.2) is 35.0 Å². The number of hydrogen-bond donors (Lipinski definition) is 1. The molecule has 0 aliphatic carbocycles. The molecule has 1 aliphatic rings. The van der Waals surface area contributed by atoms with Crippen LogP contribution in [0.4, 0.5) is 8.78 Å². The summed E-state index contributed by atoms with van der Waals surface area (Å²) in [5.41, 5.74) is 2.96. The summed E-state index contributed by atoms with van der Waals surface area (Å²) in [6.07, 6.45) is 4.74. The molecule has 7 heteroatoms. The van der Waals surface area contributed by atoms with Crippen LogP contribution in [0.25, 0.3) is 11.3 Å². The van der Waals surface area contributed by atoms with Crippen LogP contribution < -0.4 is 0 Å². The molecule has 26 heavy (non-hydrogen) atoms. The molecule has 0 bridgehead atoms. The van der Waals surface area contributed by atoms with E-state index in [2.05, 4.69) is 20.3 Å². The summed E-state index contributed by atoms with van der Waals surface area (Å²) < 4.78 is 33.1. The Morgan fingerprint density at radius 3 is 3.00 bits per heavy atom. The molecule has 0 spiro atoms. The Hall–Kier alpha value is -2.54. The Kier molecular flexibility index (Phi) is 4.55. The van der Waals surface area contributed by atoms with Crippen LogP contribution in [-0.2, 0) is 6.54 Å². The molecule has 1 saturated heterocycles. The highest BCUT2D eigenvalue weighted by atomic mass is 19.2. The number of likely N-dealkylation sites (tertiary alicyclic amines) is 1. The molecular weight excluding hydrogens is 338 g/mol. The summed E-state index contributed by atoms with van der Waals surface area (Å²) in [6, 6.07) is 6.23. The first kappa shape index (κ1) is 16.9. The molecule has 0 radical (unpaired) electrons. The number of hydrogen-bond acceptors (Lipinski definition) is 4. The third-order valence-corrected chi connectivity index (χ3v) is 4.91. The number of rotatable bonds is 4. The van der Waals surface area contributed by atoms with Crippen LogP contribution >= 0.6 is 0 Å². The average molecular weight is 358 g/mol. The largest absolute Gasteiger partial charge is 0.356 e. The fourth-order valence-electron chi connectivity index (χ4n) is 3.63. The number of nitrogens with zero attached hydrogens (tertiary/aromatic N) is 3. The summed E-state index contributed by atoms with van der Waals surface area (Å²) in [4.78, 5) is 2.17. The number of aromatic amines is 1. The first-order valence-corrected chi connectivity index (χ1v) is 8.77. The molecule has 1 fully saturated rings. The lowest BCUT2D eigenvalue weighted by atomic mass is 9.95. The fourth-order valence-corrected chi connectivity index (χ4v) is 3.63. The summed E-state index contributed by atoms with van der Waals surface area (Å²) >= 11 is 0. The van der Waals surface area contributed by atoms with Gasteiger partial charge in [-0.2, -0.15) is 5.10 Å². The molecule has 1 atom stereocenters. The van der Waals surface area contributed by atoms with E-state index in [1.165, 1.54) is 0 Å². The maximum atomic E-state index is 14.1. The number of aryl methyl sites for hydroxylation is 1. The molecule has 2 aromatic heterocycles. The smallest absolute Gasteiger partial charge is 0.170 e. The van der Waals surface area contributed by atoms with Gasteiger partial charge in [-0.1, -0.05) is 23.7 Å². The molecule has 0 unspecified atom stereocenters. The second-order valence-corrected chi connectivity index (χ2v) is 6.72. The van der Waals surface area contributed by atoms with Gasteiger partial charge in [0.15, 0.2) is 17.4 Å². The van der Waals surface area contributed by atoms with Crippen molar-refractivity contribution >= 4 is 0 Å². The highest BCUT2D eigenvalue weighted by Gasteiger charge is 2.29. The van der Waals surface area contributed by atoms with E-state index >= 15 is 0 Å². The van der Waals surface area contributed by atoms with Gasteiger partial charge >= 0.3 is 0 Å². The van der Waals surface area contributed by atoms with Crippen LogP contribution in [-0.4, -0.2) is 26.8 Å². The topological polar surface area (TPSA) is 58.0 Å². The van der Waals surface area contributed by atoms with Gasteiger partial charge in [0.05, 0.1) is 29.2 Å². The van der Waals surface area contributed by atoms with Crippen molar-refractivity contribution in [3.8, 4) is 11.3 Å². The van der Waals surface area contributed by atoms with E-state index in [9.17, 15) is 8.78 Å². The van der Waals surface area contributed by atoms with Gasteiger partial charge in [0.2, 0.25) is 0 Å². The van der Waals surface area contributed by atoms with E-state index in [1.807, 2.05) is 13.0 Å². The van der Waals surface area contributed by atoms with Gasteiger partial charge in [-0.3, -0.25) is 10.00 Å². The van der Waals surface area contributed by atoms with Crippen molar-refractivity contribution in [3.63, 3.8) is 0 Å². The van der Waals surface area contributed by atoms with Gasteiger partial charge in [-0.25, -0.2) is 8.78 Å². The molecule has 4 rings (SSSR count). The third-order valence-electron chi connectivity index (χ3n) is 4.91. The molecule has 5 nitrogen and oxygen atoms in total. The van der Waals surface area contributed by atoms with Crippen LogP contribution in [0.1, 0.15) is 42.3 Å². The van der Waals surface area contributed by atoms with E-state index in [4.69, 9.17) is 4.52 Å². The highest BCUT2D eigenvalue weighted by Crippen LogP contribution is 2.36. The molecule has 1 aromatic carbocycles. The van der Waals surface area contributed by atoms with Gasteiger partial charge in [0, 0.05) is 18.2 Å². The third kappa shape index (κ3) is 3.14. The van der Waals surface area contributed by atoms with Gasteiger partial charge in [-0.05, 0) is 32.4 Å². The van der Waals surface area contributed by atoms with Crippen molar-refractivity contribution < 1.29 is 13.3 Å². The van der Waals surface area contributed by atoms with E-state index in [0.29, 0.717) is 17.9 Å². The van der Waals surface area contributed by atoms with Gasteiger partial charge in [0.25, 0.3) is 0 Å². The molecular formula is C19H20F2N4O. The van der Waals surface area contributed by atoms with Crippen molar-refractivity contribution in [1.29, 1.82) is 0 Å². The van der Waals surface area contributed by atoms with Crippen LogP contribution in [0.3, 0.4) is 0 Å². The quantitative estimate of drug-likeness (QED) is 0.752. The lowest BCUT2D eigenvalue weighted by molar-refractivity contribution is 0.135. The first-order chi connectivity index (χ1) is 12.6. The van der Waals surface area contributed by atoms with Crippen molar-refractivity contribution in [2.45, 2.75) is 38.8 Å². The maximum Gasteiger partial charge on any atom is 0.170 e. The summed E-state index contributed by atoms with van der Waals surface area (Å²) in [5.74, 6) is -0.920. The monoisotopic (exact) mass is 358 g/mol. The minimum Gasteiger partial charge on any atom is -0.356 e. The normalized spacial score (nSPS) is 18.3. The zero-order valence-electron chi connectivity index (χ0n) is 14.5. The van der Waals surface area contributed by atoms with Crippen molar-refractivity contribution in [2.75, 3.05) is 6.54 Å². The highest BCUT2D eigenvalue weighted by molar-refractivity contribution is 5.60. The average Bonchev–Trinajstić information content (AvgIpc) is 3.28. The Morgan fingerprint density at radius 2 is 2.19 bits per heavy atom. The summed E-state index contributed by atoms with van der Waals surface area (Å²) in [7, 11) is 0. The molecule has 1 N–H and O–H groups in total. The number of halogens is 2. The minimum atomic E-state index is -0.810. The zero-order valence-corrected chi connectivity index (χ0v) is 14.5. The lowest BCUT2D eigenvalue weighted by Crippen LogP contribution is -2.33. The molecule has 0 amide bonds. The molecule has 1 aliphatic heterocycles. The number of aromatic nitrogens is 3. The fraction of sp³-hybridized carbons (Fsp3) is 0.368. The van der Waals surface area contributed by atoms with E-state index in [-0.39, 0.29) is 6.04 Å².